The van der Waals surface area contributed by atoms with Crippen molar-refractivity contribution in [2.45, 2.75) is 70.7 Å². The number of carbonyl (C=O) groups excluding carboxylic acids is 1. The first-order valence-electron chi connectivity index (χ1n) is 8.06. The zero-order chi connectivity index (χ0) is 18.6. The van der Waals surface area contributed by atoms with Crippen LogP contribution in [0.1, 0.15) is 52.9 Å². The number of hydrogen-bond donors (Lipinski definition) is 0. The molecular weight excluding hydrogens is 347 g/mol. The molecule has 1 saturated heterocycles. The molecule has 0 aromatic rings. The quantitative estimate of drug-likeness (QED) is 0.714. The first-order chi connectivity index (χ1) is 10.8. The number of alkyl halides is 3. The highest BCUT2D eigenvalue weighted by molar-refractivity contribution is 7.91. The van der Waals surface area contributed by atoms with Crippen molar-refractivity contribution >= 4 is 15.9 Å². The summed E-state index contributed by atoms with van der Waals surface area (Å²) in [5.74, 6) is -0.694. The first kappa shape index (κ1) is 21.1. The van der Waals surface area contributed by atoms with Gasteiger partial charge in [0.2, 0.25) is 0 Å². The molecule has 0 N–H and O–H groups in total. The zero-order valence-corrected chi connectivity index (χ0v) is 15.2. The summed E-state index contributed by atoms with van der Waals surface area (Å²) in [6.07, 6.45) is -4.66. The normalized spacial score (nSPS) is 19.6. The fraction of sp³-hybridized carbons (Fsp3) is 0.933. The average Bonchev–Trinajstić information content (AvgIpc) is 2.80. The van der Waals surface area contributed by atoms with Gasteiger partial charge in [-0.15, -0.1) is 0 Å². The van der Waals surface area contributed by atoms with Crippen LogP contribution in [0, 0.1) is 0 Å². The minimum Gasteiger partial charge on any atom is -0.444 e. The summed E-state index contributed by atoms with van der Waals surface area (Å²) in [7, 11) is -3.55. The summed E-state index contributed by atoms with van der Waals surface area (Å²) in [5.41, 5.74) is -0.631. The van der Waals surface area contributed by atoms with Crippen LogP contribution in [0.15, 0.2) is 0 Å². The highest BCUT2D eigenvalue weighted by Gasteiger charge is 2.33. The highest BCUT2D eigenvalue weighted by atomic mass is 32.2. The molecule has 0 radical (unpaired) electrons. The maximum absolute atomic E-state index is 12.1. The number of ether oxygens (including phenoxy) is 1. The van der Waals surface area contributed by atoms with Gasteiger partial charge in [-0.2, -0.15) is 13.2 Å². The Morgan fingerprint density at radius 3 is 2.38 bits per heavy atom. The molecule has 24 heavy (non-hydrogen) atoms. The van der Waals surface area contributed by atoms with E-state index in [1.54, 1.807) is 20.8 Å². The van der Waals surface area contributed by atoms with Gasteiger partial charge in [0.25, 0.3) is 0 Å². The Kier molecular flexibility index (Phi) is 6.95. The largest absolute Gasteiger partial charge is 0.444 e. The zero-order valence-electron chi connectivity index (χ0n) is 14.4. The predicted octanol–water partition coefficient (Wildman–Crippen LogP) is 3.53. The molecule has 0 aromatic carbocycles. The number of sulfone groups is 1. The minimum absolute atomic E-state index is 0.213. The molecule has 9 heteroatoms. The average molecular weight is 373 g/mol. The number of halogens is 3. The monoisotopic (exact) mass is 373 g/mol. The maximum atomic E-state index is 12.1. The predicted molar refractivity (Wildman–Crippen MR) is 84.5 cm³/mol. The lowest BCUT2D eigenvalue weighted by molar-refractivity contribution is -0.134. The molecule has 0 unspecified atom stereocenters. The van der Waals surface area contributed by atoms with Crippen molar-refractivity contribution in [3.8, 4) is 0 Å². The molecular formula is C15H26F3NO4S. The van der Waals surface area contributed by atoms with Gasteiger partial charge in [-0.3, -0.25) is 0 Å². The number of hydrogen-bond acceptors (Lipinski definition) is 4. The van der Waals surface area contributed by atoms with Crippen LogP contribution in [-0.2, 0) is 14.6 Å². The van der Waals surface area contributed by atoms with Crippen LogP contribution in [-0.4, -0.2) is 55.3 Å². The number of amides is 1. The molecule has 5 nitrogen and oxygen atoms in total. The summed E-state index contributed by atoms with van der Waals surface area (Å²) >= 11 is 0. The Hall–Kier alpha value is -0.990. The lowest BCUT2D eigenvalue weighted by Crippen LogP contribution is -2.40. The van der Waals surface area contributed by atoms with E-state index in [2.05, 4.69) is 0 Å². The van der Waals surface area contributed by atoms with Crippen molar-refractivity contribution in [1.29, 1.82) is 0 Å². The first-order valence-corrected chi connectivity index (χ1v) is 9.88. The van der Waals surface area contributed by atoms with Gasteiger partial charge < -0.3 is 9.64 Å². The van der Waals surface area contributed by atoms with Gasteiger partial charge in [0.15, 0.2) is 0 Å². The topological polar surface area (TPSA) is 63.7 Å². The van der Waals surface area contributed by atoms with Crippen molar-refractivity contribution in [2.24, 2.45) is 0 Å². The van der Waals surface area contributed by atoms with Crippen LogP contribution >= 0.6 is 0 Å². The number of rotatable bonds is 6. The third-order valence-corrected chi connectivity index (χ3v) is 5.45. The van der Waals surface area contributed by atoms with Crippen LogP contribution in [0.25, 0.3) is 0 Å². The summed E-state index contributed by atoms with van der Waals surface area (Å²) < 4.78 is 65.3. The van der Waals surface area contributed by atoms with Crippen LogP contribution in [0.4, 0.5) is 18.0 Å². The molecule has 0 saturated carbocycles. The van der Waals surface area contributed by atoms with Crippen LogP contribution < -0.4 is 0 Å². The Balaban J connectivity index is 2.48. The van der Waals surface area contributed by atoms with Crippen molar-refractivity contribution in [3.63, 3.8) is 0 Å². The Bertz CT molecular complexity index is 526. The van der Waals surface area contributed by atoms with E-state index in [0.29, 0.717) is 13.0 Å². The molecule has 0 spiro atoms. The third-order valence-electron chi connectivity index (χ3n) is 3.68. The van der Waals surface area contributed by atoms with Gasteiger partial charge in [-0.25, -0.2) is 13.2 Å². The van der Waals surface area contributed by atoms with Crippen LogP contribution in [0.2, 0.25) is 0 Å². The maximum Gasteiger partial charge on any atom is 0.410 e. The molecule has 1 rings (SSSR count). The van der Waals surface area contributed by atoms with Crippen LogP contribution in [0.3, 0.4) is 0 Å². The number of carbonyl (C=O) groups is 1. The van der Waals surface area contributed by atoms with Gasteiger partial charge >= 0.3 is 12.3 Å². The third kappa shape index (κ3) is 8.21. The summed E-state index contributed by atoms with van der Waals surface area (Å²) in [6, 6.07) is -0.239. The number of nitrogens with zero attached hydrogens (tertiary/aromatic N) is 1. The van der Waals surface area contributed by atoms with Gasteiger partial charge in [-0.05, 0) is 46.5 Å². The highest BCUT2D eigenvalue weighted by Crippen LogP contribution is 2.24. The van der Waals surface area contributed by atoms with E-state index in [4.69, 9.17) is 4.74 Å². The van der Waals surface area contributed by atoms with Crippen molar-refractivity contribution in [1.82, 2.24) is 4.90 Å². The molecule has 1 heterocycles. The summed E-state index contributed by atoms with van der Waals surface area (Å²) in [5, 5.41) is 0. The molecule has 1 atom stereocenters. The smallest absolute Gasteiger partial charge is 0.410 e. The molecule has 1 amide bonds. The lowest BCUT2D eigenvalue weighted by atomic mass is 10.2. The van der Waals surface area contributed by atoms with Gasteiger partial charge in [0, 0.05) is 19.0 Å². The van der Waals surface area contributed by atoms with E-state index in [0.717, 1.165) is 6.42 Å². The van der Waals surface area contributed by atoms with E-state index in [9.17, 15) is 26.4 Å². The lowest BCUT2D eigenvalue weighted by Gasteiger charge is -2.28. The molecule has 1 aliphatic rings. The van der Waals surface area contributed by atoms with Gasteiger partial charge in [0.05, 0.1) is 11.5 Å². The summed E-state index contributed by atoms with van der Waals surface area (Å²) in [6.45, 7) is 5.76. The number of likely N-dealkylation sites (tertiary alicyclic amines) is 1. The van der Waals surface area contributed by atoms with Crippen molar-refractivity contribution in [2.75, 3.05) is 18.1 Å². The van der Waals surface area contributed by atoms with Crippen molar-refractivity contribution in [3.05, 3.63) is 0 Å². The second kappa shape index (κ2) is 7.93. The second-order valence-corrected chi connectivity index (χ2v) is 9.43. The van der Waals surface area contributed by atoms with Gasteiger partial charge in [-0.1, -0.05) is 0 Å². The Morgan fingerprint density at radius 2 is 1.83 bits per heavy atom. The SMILES string of the molecule is CC(C)(C)OC(=O)N1CCC[C@H]1CCS(=O)(=O)CCCC(F)(F)F. The fourth-order valence-electron chi connectivity index (χ4n) is 2.61. The Morgan fingerprint density at radius 1 is 1.21 bits per heavy atom. The molecule has 0 aromatic heterocycles. The fourth-order valence-corrected chi connectivity index (χ4v) is 4.03. The van der Waals surface area contributed by atoms with E-state index in [-0.39, 0.29) is 18.2 Å². The summed E-state index contributed by atoms with van der Waals surface area (Å²) in [4.78, 5) is 13.6. The molecule has 142 valence electrons. The van der Waals surface area contributed by atoms with E-state index in [1.807, 2.05) is 0 Å². The Labute approximate surface area is 141 Å². The molecule has 1 fully saturated rings. The van der Waals surface area contributed by atoms with E-state index in [1.165, 1.54) is 4.90 Å². The molecule has 0 bridgehead atoms. The van der Waals surface area contributed by atoms with Crippen LogP contribution in [0.5, 0.6) is 0 Å². The molecule has 0 aliphatic carbocycles. The van der Waals surface area contributed by atoms with Crippen molar-refractivity contribution < 1.29 is 31.1 Å². The standard InChI is InChI=1S/C15H26F3NO4S/c1-14(2,3)23-13(20)19-9-4-6-12(19)7-11-24(21,22)10-5-8-15(16,17)18/h12H,4-11H2,1-3H3/t12-/m0/s1. The minimum atomic E-state index is -4.34. The van der Waals surface area contributed by atoms with E-state index < -0.39 is 46.3 Å². The van der Waals surface area contributed by atoms with Gasteiger partial charge in [0.1, 0.15) is 15.4 Å². The molecule has 1 aliphatic heterocycles. The second-order valence-electron chi connectivity index (χ2n) is 7.13. The van der Waals surface area contributed by atoms with E-state index >= 15 is 0 Å².